The maximum Gasteiger partial charge on any atom is 0.0965 e. The molecule has 1 rings (SSSR count). The van der Waals surface area contributed by atoms with Crippen LogP contribution in [0.1, 0.15) is 52.4 Å². The van der Waals surface area contributed by atoms with Crippen LogP contribution >= 0.6 is 0 Å². The summed E-state index contributed by atoms with van der Waals surface area (Å²) in [4.78, 5) is 2.46. The molecule has 1 atom stereocenters. The van der Waals surface area contributed by atoms with Gasteiger partial charge < -0.3 is 10.2 Å². The van der Waals surface area contributed by atoms with Crippen molar-refractivity contribution in [3.63, 3.8) is 0 Å². The first-order valence-electron chi connectivity index (χ1n) is 7.50. The van der Waals surface area contributed by atoms with E-state index in [0.29, 0.717) is 0 Å². The fourth-order valence-corrected chi connectivity index (χ4v) is 2.73. The molecule has 1 saturated carbocycles. The van der Waals surface area contributed by atoms with Gasteiger partial charge >= 0.3 is 0 Å². The van der Waals surface area contributed by atoms with Crippen molar-refractivity contribution in [2.75, 3.05) is 20.1 Å². The Balaban J connectivity index is 2.23. The highest BCUT2D eigenvalue weighted by Crippen LogP contribution is 2.26. The van der Waals surface area contributed by atoms with Crippen molar-refractivity contribution in [2.45, 2.75) is 64.5 Å². The second-order valence-corrected chi connectivity index (χ2v) is 5.82. The number of nitrogens with zero attached hydrogens (tertiary/aromatic N) is 2. The molecule has 0 aromatic rings. The van der Waals surface area contributed by atoms with Crippen LogP contribution in [0, 0.1) is 17.2 Å². The Morgan fingerprint density at radius 2 is 2.00 bits per heavy atom. The first-order valence-corrected chi connectivity index (χ1v) is 7.50. The molecule has 0 saturated heterocycles. The molecule has 1 aliphatic carbocycles. The molecule has 0 aromatic heterocycles. The third-order valence-corrected chi connectivity index (χ3v) is 4.18. The van der Waals surface area contributed by atoms with Gasteiger partial charge in [-0.15, -0.1) is 0 Å². The Kier molecular flexibility index (Phi) is 7.31. The topological polar surface area (TPSA) is 39.1 Å². The highest BCUT2D eigenvalue weighted by atomic mass is 15.1. The maximum absolute atomic E-state index is 9.08. The van der Waals surface area contributed by atoms with E-state index in [-0.39, 0.29) is 6.04 Å². The van der Waals surface area contributed by atoms with E-state index in [9.17, 15) is 0 Å². The second-order valence-electron chi connectivity index (χ2n) is 5.82. The number of rotatable bonds is 7. The average molecular weight is 251 g/mol. The summed E-state index contributed by atoms with van der Waals surface area (Å²) in [6, 6.07) is 3.13. The van der Waals surface area contributed by atoms with Gasteiger partial charge in [-0.25, -0.2) is 0 Å². The second kappa shape index (κ2) is 8.50. The monoisotopic (exact) mass is 251 g/mol. The minimum absolute atomic E-state index is 0.0231. The summed E-state index contributed by atoms with van der Waals surface area (Å²) in [6.45, 7) is 6.48. The standard InChI is InChI=1S/C15H29N3/c1-4-10-17-14(12-16)9-11-18(3)15-7-5-13(2)6-8-15/h13-15,17H,4-11H2,1-3H3. The first kappa shape index (κ1) is 15.5. The van der Waals surface area contributed by atoms with Gasteiger partial charge in [0, 0.05) is 12.6 Å². The SMILES string of the molecule is CCCNC(C#N)CCN(C)C1CCC(C)CC1. The molecule has 0 amide bonds. The van der Waals surface area contributed by atoms with Crippen LogP contribution in [-0.4, -0.2) is 37.1 Å². The first-order chi connectivity index (χ1) is 8.67. The minimum atomic E-state index is 0.0231. The van der Waals surface area contributed by atoms with Gasteiger partial charge in [0.15, 0.2) is 0 Å². The third-order valence-electron chi connectivity index (χ3n) is 4.18. The molecule has 1 N–H and O–H groups in total. The van der Waals surface area contributed by atoms with E-state index in [1.54, 1.807) is 0 Å². The number of nitriles is 1. The van der Waals surface area contributed by atoms with E-state index in [2.05, 4.69) is 37.2 Å². The van der Waals surface area contributed by atoms with Gasteiger partial charge in [-0.2, -0.15) is 5.26 Å². The Hall–Kier alpha value is -0.590. The van der Waals surface area contributed by atoms with E-state index in [1.165, 1.54) is 25.7 Å². The summed E-state index contributed by atoms with van der Waals surface area (Å²) in [5, 5.41) is 12.4. The number of hydrogen-bond acceptors (Lipinski definition) is 3. The molecule has 0 radical (unpaired) electrons. The van der Waals surface area contributed by atoms with Gasteiger partial charge in [0.25, 0.3) is 0 Å². The predicted octanol–water partition coefficient (Wildman–Crippen LogP) is 2.78. The fourth-order valence-electron chi connectivity index (χ4n) is 2.73. The van der Waals surface area contributed by atoms with Gasteiger partial charge in [0.1, 0.15) is 0 Å². The van der Waals surface area contributed by atoms with Crippen molar-refractivity contribution in [3.05, 3.63) is 0 Å². The molecule has 1 unspecified atom stereocenters. The van der Waals surface area contributed by atoms with Crippen molar-refractivity contribution < 1.29 is 0 Å². The Bertz CT molecular complexity index is 251. The van der Waals surface area contributed by atoms with E-state index in [1.807, 2.05) is 0 Å². The van der Waals surface area contributed by atoms with Crippen molar-refractivity contribution >= 4 is 0 Å². The molecule has 0 heterocycles. The lowest BCUT2D eigenvalue weighted by atomic mass is 9.86. The van der Waals surface area contributed by atoms with Crippen LogP contribution in [0.4, 0.5) is 0 Å². The van der Waals surface area contributed by atoms with Crippen LogP contribution in [0.25, 0.3) is 0 Å². The molecule has 0 aliphatic heterocycles. The molecule has 3 heteroatoms. The summed E-state index contributed by atoms with van der Waals surface area (Å²) >= 11 is 0. The van der Waals surface area contributed by atoms with Crippen LogP contribution < -0.4 is 5.32 Å². The summed E-state index contributed by atoms with van der Waals surface area (Å²) in [5.74, 6) is 0.910. The van der Waals surface area contributed by atoms with Crippen LogP contribution in [0.5, 0.6) is 0 Å². The zero-order valence-electron chi connectivity index (χ0n) is 12.3. The summed E-state index contributed by atoms with van der Waals surface area (Å²) in [5.41, 5.74) is 0. The van der Waals surface area contributed by atoms with Gasteiger partial charge in [0.05, 0.1) is 12.1 Å². The Morgan fingerprint density at radius 3 is 2.56 bits per heavy atom. The summed E-state index contributed by atoms with van der Waals surface area (Å²) < 4.78 is 0. The van der Waals surface area contributed by atoms with Crippen LogP contribution in [0.3, 0.4) is 0 Å². The van der Waals surface area contributed by atoms with E-state index < -0.39 is 0 Å². The molecule has 0 bridgehead atoms. The van der Waals surface area contributed by atoms with Crippen LogP contribution in [-0.2, 0) is 0 Å². The van der Waals surface area contributed by atoms with Crippen LogP contribution in [0.15, 0.2) is 0 Å². The molecule has 18 heavy (non-hydrogen) atoms. The number of hydrogen-bond donors (Lipinski definition) is 1. The highest BCUT2D eigenvalue weighted by Gasteiger charge is 2.21. The van der Waals surface area contributed by atoms with Crippen molar-refractivity contribution in [3.8, 4) is 6.07 Å². The van der Waals surface area contributed by atoms with E-state index in [0.717, 1.165) is 37.9 Å². The van der Waals surface area contributed by atoms with E-state index in [4.69, 9.17) is 5.26 Å². The minimum Gasteiger partial charge on any atom is -0.303 e. The van der Waals surface area contributed by atoms with Gasteiger partial charge in [0.2, 0.25) is 0 Å². The van der Waals surface area contributed by atoms with Crippen molar-refractivity contribution in [1.29, 1.82) is 5.26 Å². The van der Waals surface area contributed by atoms with Crippen molar-refractivity contribution in [2.24, 2.45) is 5.92 Å². The lowest BCUT2D eigenvalue weighted by molar-refractivity contribution is 0.166. The summed E-state index contributed by atoms with van der Waals surface area (Å²) in [7, 11) is 2.22. The van der Waals surface area contributed by atoms with Crippen LogP contribution in [0.2, 0.25) is 0 Å². The molecule has 1 aliphatic rings. The fraction of sp³-hybridized carbons (Fsp3) is 0.933. The summed E-state index contributed by atoms with van der Waals surface area (Å²) in [6.07, 6.45) is 7.43. The third kappa shape index (κ3) is 5.37. The molecular formula is C15H29N3. The largest absolute Gasteiger partial charge is 0.303 e. The van der Waals surface area contributed by atoms with Gasteiger partial charge in [-0.1, -0.05) is 13.8 Å². The normalized spacial score (nSPS) is 25.9. The molecule has 0 aromatic carbocycles. The van der Waals surface area contributed by atoms with Gasteiger partial charge in [-0.05, 0) is 58.0 Å². The smallest absolute Gasteiger partial charge is 0.0965 e. The zero-order chi connectivity index (χ0) is 13.4. The quantitative estimate of drug-likeness (QED) is 0.756. The Morgan fingerprint density at radius 1 is 1.33 bits per heavy atom. The molecule has 1 fully saturated rings. The lowest BCUT2D eigenvalue weighted by Crippen LogP contribution is -2.38. The van der Waals surface area contributed by atoms with Crippen molar-refractivity contribution in [1.82, 2.24) is 10.2 Å². The number of nitrogens with one attached hydrogen (secondary N) is 1. The molecule has 3 nitrogen and oxygen atoms in total. The van der Waals surface area contributed by atoms with E-state index >= 15 is 0 Å². The molecule has 104 valence electrons. The average Bonchev–Trinajstić information content (AvgIpc) is 2.39. The highest BCUT2D eigenvalue weighted by molar-refractivity contribution is 4.90. The zero-order valence-corrected chi connectivity index (χ0v) is 12.3. The molecule has 0 spiro atoms. The molecular weight excluding hydrogens is 222 g/mol. The Labute approximate surface area is 113 Å². The predicted molar refractivity (Wildman–Crippen MR) is 76.4 cm³/mol. The van der Waals surface area contributed by atoms with Gasteiger partial charge in [-0.3, -0.25) is 0 Å². The maximum atomic E-state index is 9.08. The lowest BCUT2D eigenvalue weighted by Gasteiger charge is -2.34.